The fourth-order valence-corrected chi connectivity index (χ4v) is 4.94. The molecule has 3 heterocycles. The number of alkyl halides is 1. The molecule has 0 bridgehead atoms. The number of rotatable bonds is 8. The number of nitrogens with zero attached hydrogens (tertiary/aromatic N) is 5. The van der Waals surface area contributed by atoms with E-state index >= 15 is 4.39 Å². The van der Waals surface area contributed by atoms with Gasteiger partial charge in [0.15, 0.2) is 5.43 Å². The maximum atomic E-state index is 15.0. The van der Waals surface area contributed by atoms with E-state index in [0.717, 1.165) is 22.5 Å². The number of halogens is 1. The highest BCUT2D eigenvalue weighted by Crippen LogP contribution is 2.25. The van der Waals surface area contributed by atoms with Gasteiger partial charge in [-0.3, -0.25) is 19.7 Å². The Bertz CT molecular complexity index is 1310. The van der Waals surface area contributed by atoms with Gasteiger partial charge >= 0.3 is 0 Å². The molecule has 4 rings (SSSR count). The standard InChI is InChI=1S/C28H32FN5O/c1-5-24(14-30-3)34-18-23(29)13-25(19-34)33(15-21-10-11-31-20(2)12-21)17-22-16-32(4)27-9-7-6-8-26(27)28(22)35/h5-12,14,16,23,25H,1,3,13,15,17-19H2,2,4H3/b24-14+/t23-,25-/m0/s1. The Kier molecular flexibility index (Phi) is 7.56. The van der Waals surface area contributed by atoms with Gasteiger partial charge in [-0.15, -0.1) is 0 Å². The van der Waals surface area contributed by atoms with Gasteiger partial charge in [-0.05, 0) is 56.0 Å². The molecule has 0 amide bonds. The number of aromatic nitrogens is 2. The third-order valence-electron chi connectivity index (χ3n) is 6.58. The Morgan fingerprint density at radius 1 is 1.29 bits per heavy atom. The molecular formula is C28H32FN5O. The highest BCUT2D eigenvalue weighted by molar-refractivity contribution is 5.79. The maximum absolute atomic E-state index is 15.0. The summed E-state index contributed by atoms with van der Waals surface area (Å²) in [5.74, 6) is 0. The molecular weight excluding hydrogens is 441 g/mol. The molecule has 2 aromatic heterocycles. The van der Waals surface area contributed by atoms with Crippen LogP contribution in [0.3, 0.4) is 0 Å². The van der Waals surface area contributed by atoms with Crippen LogP contribution in [0.15, 0.2) is 83.1 Å². The van der Waals surface area contributed by atoms with Crippen molar-refractivity contribution in [1.82, 2.24) is 19.4 Å². The molecule has 182 valence electrons. The third-order valence-corrected chi connectivity index (χ3v) is 6.58. The van der Waals surface area contributed by atoms with Crippen LogP contribution in [0.4, 0.5) is 4.39 Å². The first kappa shape index (κ1) is 24.5. The number of pyridine rings is 2. The third kappa shape index (κ3) is 5.57. The van der Waals surface area contributed by atoms with Crippen molar-refractivity contribution < 1.29 is 4.39 Å². The summed E-state index contributed by atoms with van der Waals surface area (Å²) in [6.07, 6.45) is 6.36. The second-order valence-corrected chi connectivity index (χ2v) is 9.15. The van der Waals surface area contributed by atoms with Crippen molar-refractivity contribution in [3.05, 3.63) is 100 Å². The van der Waals surface area contributed by atoms with Gasteiger partial charge in [-0.2, -0.15) is 0 Å². The Morgan fingerprint density at radius 3 is 2.83 bits per heavy atom. The van der Waals surface area contributed by atoms with Crippen LogP contribution in [-0.4, -0.2) is 51.4 Å². The normalized spacial score (nSPS) is 18.7. The number of para-hydroxylation sites is 1. The number of benzene rings is 1. The van der Waals surface area contributed by atoms with Gasteiger partial charge in [-0.1, -0.05) is 18.7 Å². The summed E-state index contributed by atoms with van der Waals surface area (Å²) < 4.78 is 17.0. The molecule has 35 heavy (non-hydrogen) atoms. The fourth-order valence-electron chi connectivity index (χ4n) is 4.94. The number of aryl methyl sites for hydroxylation is 2. The van der Waals surface area contributed by atoms with Gasteiger partial charge < -0.3 is 9.47 Å². The minimum Gasteiger partial charge on any atom is -0.366 e. The van der Waals surface area contributed by atoms with E-state index in [0.29, 0.717) is 37.0 Å². The van der Waals surface area contributed by atoms with Gasteiger partial charge in [0.1, 0.15) is 6.17 Å². The lowest BCUT2D eigenvalue weighted by molar-refractivity contribution is 0.0589. The molecule has 0 unspecified atom stereocenters. The number of piperidine rings is 1. The van der Waals surface area contributed by atoms with E-state index in [4.69, 9.17) is 0 Å². The van der Waals surface area contributed by atoms with E-state index in [9.17, 15) is 4.79 Å². The Balaban J connectivity index is 1.72. The smallest absolute Gasteiger partial charge is 0.193 e. The molecule has 1 aromatic carbocycles. The van der Waals surface area contributed by atoms with Crippen LogP contribution in [0.25, 0.3) is 10.9 Å². The lowest BCUT2D eigenvalue weighted by atomic mass is 10.00. The van der Waals surface area contributed by atoms with Crippen LogP contribution >= 0.6 is 0 Å². The molecule has 6 nitrogen and oxygen atoms in total. The highest BCUT2D eigenvalue weighted by atomic mass is 19.1. The lowest BCUT2D eigenvalue weighted by Gasteiger charge is -2.42. The van der Waals surface area contributed by atoms with Gasteiger partial charge in [0.05, 0.1) is 11.2 Å². The van der Waals surface area contributed by atoms with Crippen LogP contribution in [0.1, 0.15) is 23.2 Å². The zero-order valence-electron chi connectivity index (χ0n) is 20.4. The van der Waals surface area contributed by atoms with Gasteiger partial charge in [0.25, 0.3) is 0 Å². The first-order valence-electron chi connectivity index (χ1n) is 11.8. The number of hydrogen-bond acceptors (Lipinski definition) is 5. The number of hydrogen-bond donors (Lipinski definition) is 0. The number of aliphatic imine (C=N–C) groups is 1. The molecule has 0 saturated carbocycles. The van der Waals surface area contributed by atoms with Crippen molar-refractivity contribution in [3.8, 4) is 0 Å². The summed E-state index contributed by atoms with van der Waals surface area (Å²) in [5.41, 5.74) is 4.34. The first-order chi connectivity index (χ1) is 16.9. The van der Waals surface area contributed by atoms with Crippen molar-refractivity contribution in [1.29, 1.82) is 0 Å². The monoisotopic (exact) mass is 473 g/mol. The minimum atomic E-state index is -1.01. The van der Waals surface area contributed by atoms with Crippen LogP contribution in [0.5, 0.6) is 0 Å². The van der Waals surface area contributed by atoms with Gasteiger partial charge in [-0.25, -0.2) is 4.39 Å². The van der Waals surface area contributed by atoms with Crippen LogP contribution in [-0.2, 0) is 20.1 Å². The second-order valence-electron chi connectivity index (χ2n) is 9.15. The zero-order chi connectivity index (χ0) is 24.9. The molecule has 1 aliphatic rings. The SMILES string of the molecule is C=C/C(=C\N=C)N1C[C@@H](F)C[C@H](N(Cc2ccnc(C)c2)Cc2cn(C)c3ccccc3c2=O)C1. The Hall–Kier alpha value is -3.58. The average molecular weight is 474 g/mol. The molecule has 1 aliphatic heterocycles. The van der Waals surface area contributed by atoms with E-state index < -0.39 is 6.17 Å². The van der Waals surface area contributed by atoms with Crippen molar-refractivity contribution in [2.24, 2.45) is 12.0 Å². The number of fused-ring (bicyclic) bond motifs is 1. The van der Waals surface area contributed by atoms with Crippen LogP contribution in [0.2, 0.25) is 0 Å². The lowest BCUT2D eigenvalue weighted by Crippen LogP contribution is -2.51. The number of likely N-dealkylation sites (tertiary alicyclic amines) is 1. The molecule has 1 fully saturated rings. The maximum Gasteiger partial charge on any atom is 0.193 e. The van der Waals surface area contributed by atoms with E-state index in [-0.39, 0.29) is 18.0 Å². The van der Waals surface area contributed by atoms with Crippen molar-refractivity contribution in [2.45, 2.75) is 38.6 Å². The molecule has 2 atom stereocenters. The predicted molar refractivity (Wildman–Crippen MR) is 140 cm³/mol. The van der Waals surface area contributed by atoms with Crippen LogP contribution in [0, 0.1) is 6.92 Å². The van der Waals surface area contributed by atoms with E-state index in [1.165, 1.54) is 0 Å². The largest absolute Gasteiger partial charge is 0.366 e. The van der Waals surface area contributed by atoms with Crippen molar-refractivity contribution in [2.75, 3.05) is 13.1 Å². The molecule has 0 spiro atoms. The zero-order valence-corrected chi connectivity index (χ0v) is 20.4. The minimum absolute atomic E-state index is 0.0154. The van der Waals surface area contributed by atoms with E-state index in [1.54, 1.807) is 18.5 Å². The summed E-state index contributed by atoms with van der Waals surface area (Å²) >= 11 is 0. The van der Waals surface area contributed by atoms with E-state index in [1.807, 2.05) is 66.0 Å². The molecule has 0 N–H and O–H groups in total. The first-order valence-corrected chi connectivity index (χ1v) is 11.8. The predicted octanol–water partition coefficient (Wildman–Crippen LogP) is 4.38. The summed E-state index contributed by atoms with van der Waals surface area (Å²) in [5, 5.41) is 0.690. The Labute approximate surface area is 205 Å². The second kappa shape index (κ2) is 10.8. The summed E-state index contributed by atoms with van der Waals surface area (Å²) in [7, 11) is 1.95. The molecule has 0 radical (unpaired) electrons. The molecule has 7 heteroatoms. The fraction of sp³-hybridized carbons (Fsp3) is 0.321. The van der Waals surface area contributed by atoms with E-state index in [2.05, 4.69) is 28.2 Å². The van der Waals surface area contributed by atoms with Gasteiger partial charge in [0, 0.05) is 74.5 Å². The van der Waals surface area contributed by atoms with Crippen LogP contribution < -0.4 is 5.43 Å². The Morgan fingerprint density at radius 2 is 2.09 bits per heavy atom. The molecule has 1 saturated heterocycles. The number of allylic oxidation sites excluding steroid dienone is 1. The summed E-state index contributed by atoms with van der Waals surface area (Å²) in [6.45, 7) is 11.2. The summed E-state index contributed by atoms with van der Waals surface area (Å²) in [4.78, 5) is 25.7. The van der Waals surface area contributed by atoms with Crippen molar-refractivity contribution in [3.63, 3.8) is 0 Å². The highest BCUT2D eigenvalue weighted by Gasteiger charge is 2.32. The molecule has 3 aromatic rings. The van der Waals surface area contributed by atoms with Crippen molar-refractivity contribution >= 4 is 17.6 Å². The molecule has 0 aliphatic carbocycles. The quantitative estimate of drug-likeness (QED) is 0.360. The van der Waals surface area contributed by atoms with Gasteiger partial charge in [0.2, 0.25) is 0 Å². The topological polar surface area (TPSA) is 53.7 Å². The summed E-state index contributed by atoms with van der Waals surface area (Å²) in [6, 6.07) is 11.5. The average Bonchev–Trinajstić information content (AvgIpc) is 2.85.